The van der Waals surface area contributed by atoms with Crippen LogP contribution in [0.15, 0.2) is 30.3 Å². The van der Waals surface area contributed by atoms with E-state index < -0.39 is 23.8 Å². The number of carbonyl (C=O) groups is 2. The van der Waals surface area contributed by atoms with E-state index in [1.165, 1.54) is 0 Å². The van der Waals surface area contributed by atoms with Crippen LogP contribution in [0.5, 0.6) is 0 Å². The lowest BCUT2D eigenvalue weighted by Gasteiger charge is -2.19. The fraction of sp³-hybridized carbons (Fsp3) is 0.429. The number of benzene rings is 1. The average Bonchev–Trinajstić information content (AvgIpc) is 2.86. The van der Waals surface area contributed by atoms with Crippen LogP contribution >= 0.6 is 0 Å². The van der Waals surface area contributed by atoms with E-state index in [-0.39, 0.29) is 6.61 Å². The fourth-order valence-corrected chi connectivity index (χ4v) is 2.36. The van der Waals surface area contributed by atoms with Crippen LogP contribution in [0.25, 0.3) is 0 Å². The minimum absolute atomic E-state index is 0.190. The highest BCUT2D eigenvalue weighted by molar-refractivity contribution is 5.80. The number of carboxylic acids is 1. The first-order valence-corrected chi connectivity index (χ1v) is 6.10. The molecule has 1 aromatic carbocycles. The standard InChI is InChI=1S/C14H16O4/c15-13(16)11-7-4-8-12(11)14(17)18-9-10-5-2-1-3-6-10/h1-3,5-6,11-12H,4,7-9H2,(H,15,16)/p-1. The molecule has 0 bridgehead atoms. The molecule has 0 radical (unpaired) electrons. The minimum Gasteiger partial charge on any atom is -0.550 e. The zero-order chi connectivity index (χ0) is 13.0. The molecule has 1 aliphatic carbocycles. The summed E-state index contributed by atoms with van der Waals surface area (Å²) >= 11 is 0. The first-order valence-electron chi connectivity index (χ1n) is 6.10. The molecule has 2 unspecified atom stereocenters. The van der Waals surface area contributed by atoms with E-state index in [0.717, 1.165) is 12.0 Å². The maximum Gasteiger partial charge on any atom is 0.309 e. The van der Waals surface area contributed by atoms with E-state index in [2.05, 4.69) is 0 Å². The van der Waals surface area contributed by atoms with Gasteiger partial charge in [-0.1, -0.05) is 36.8 Å². The van der Waals surface area contributed by atoms with Crippen molar-refractivity contribution in [2.24, 2.45) is 11.8 Å². The Kier molecular flexibility index (Phi) is 3.97. The number of esters is 1. The Balaban J connectivity index is 1.90. The summed E-state index contributed by atoms with van der Waals surface area (Å²) in [5, 5.41) is 10.9. The van der Waals surface area contributed by atoms with Crippen LogP contribution in [-0.2, 0) is 20.9 Å². The Morgan fingerprint density at radius 3 is 2.50 bits per heavy atom. The van der Waals surface area contributed by atoms with Crippen molar-refractivity contribution < 1.29 is 19.4 Å². The monoisotopic (exact) mass is 247 g/mol. The summed E-state index contributed by atoms with van der Waals surface area (Å²) in [7, 11) is 0. The third-order valence-electron chi connectivity index (χ3n) is 3.35. The van der Waals surface area contributed by atoms with Crippen LogP contribution in [0.1, 0.15) is 24.8 Å². The molecule has 0 heterocycles. The van der Waals surface area contributed by atoms with Crippen molar-refractivity contribution in [2.75, 3.05) is 0 Å². The van der Waals surface area contributed by atoms with E-state index in [4.69, 9.17) is 4.74 Å². The molecule has 1 fully saturated rings. The van der Waals surface area contributed by atoms with E-state index in [9.17, 15) is 14.7 Å². The number of aliphatic carboxylic acids is 1. The molecule has 2 rings (SSSR count). The molecule has 4 nitrogen and oxygen atoms in total. The molecule has 0 aliphatic heterocycles. The smallest absolute Gasteiger partial charge is 0.309 e. The topological polar surface area (TPSA) is 66.4 Å². The van der Waals surface area contributed by atoms with Gasteiger partial charge in [-0.05, 0) is 18.4 Å². The largest absolute Gasteiger partial charge is 0.550 e. The molecule has 0 saturated heterocycles. The normalized spacial score (nSPS) is 22.7. The quantitative estimate of drug-likeness (QED) is 0.741. The second-order valence-electron chi connectivity index (χ2n) is 4.56. The van der Waals surface area contributed by atoms with Gasteiger partial charge >= 0.3 is 5.97 Å². The van der Waals surface area contributed by atoms with Crippen molar-refractivity contribution in [1.29, 1.82) is 0 Å². The van der Waals surface area contributed by atoms with Crippen molar-refractivity contribution in [1.82, 2.24) is 0 Å². The number of carboxylic acid groups (broad SMARTS) is 1. The second kappa shape index (κ2) is 5.67. The molecular weight excluding hydrogens is 232 g/mol. The predicted octanol–water partition coefficient (Wildman–Crippen LogP) is 0.896. The van der Waals surface area contributed by atoms with Crippen LogP contribution in [0.4, 0.5) is 0 Å². The van der Waals surface area contributed by atoms with Crippen molar-refractivity contribution >= 4 is 11.9 Å². The minimum atomic E-state index is -1.14. The number of hydrogen-bond acceptors (Lipinski definition) is 4. The molecule has 0 spiro atoms. The lowest BCUT2D eigenvalue weighted by Crippen LogP contribution is -2.36. The molecule has 0 amide bonds. The Hall–Kier alpha value is -1.84. The average molecular weight is 247 g/mol. The van der Waals surface area contributed by atoms with Gasteiger partial charge in [-0.25, -0.2) is 0 Å². The SMILES string of the molecule is O=C([O-])C1CCCC1C(=O)OCc1ccccc1. The first-order chi connectivity index (χ1) is 8.68. The summed E-state index contributed by atoms with van der Waals surface area (Å²) in [6.07, 6.45) is 1.82. The molecule has 4 heteroatoms. The molecule has 96 valence electrons. The molecule has 1 aliphatic rings. The lowest BCUT2D eigenvalue weighted by molar-refractivity contribution is -0.312. The van der Waals surface area contributed by atoms with Gasteiger partial charge in [0.25, 0.3) is 0 Å². The fourth-order valence-electron chi connectivity index (χ4n) is 2.36. The second-order valence-corrected chi connectivity index (χ2v) is 4.56. The highest BCUT2D eigenvalue weighted by atomic mass is 16.5. The Morgan fingerprint density at radius 1 is 1.17 bits per heavy atom. The zero-order valence-electron chi connectivity index (χ0n) is 10.0. The molecule has 1 saturated carbocycles. The molecule has 1 aromatic rings. The highest BCUT2D eigenvalue weighted by Gasteiger charge is 2.34. The van der Waals surface area contributed by atoms with Gasteiger partial charge in [0.05, 0.1) is 5.92 Å². The van der Waals surface area contributed by atoms with Gasteiger partial charge in [-0.3, -0.25) is 4.79 Å². The maximum atomic E-state index is 11.8. The van der Waals surface area contributed by atoms with Gasteiger partial charge in [-0.15, -0.1) is 0 Å². The maximum absolute atomic E-state index is 11.8. The Bertz CT molecular complexity index is 427. The molecular formula is C14H15O4-. The summed E-state index contributed by atoms with van der Waals surface area (Å²) in [6.45, 7) is 0.190. The third kappa shape index (κ3) is 2.88. The van der Waals surface area contributed by atoms with E-state index >= 15 is 0 Å². The van der Waals surface area contributed by atoms with Gasteiger partial charge in [0.1, 0.15) is 6.61 Å². The van der Waals surface area contributed by atoms with Gasteiger partial charge < -0.3 is 14.6 Å². The van der Waals surface area contributed by atoms with Gasteiger partial charge in [-0.2, -0.15) is 0 Å². The first kappa shape index (κ1) is 12.6. The summed E-state index contributed by atoms with van der Waals surface area (Å²) in [4.78, 5) is 22.7. The van der Waals surface area contributed by atoms with Crippen LogP contribution in [0.3, 0.4) is 0 Å². The zero-order valence-corrected chi connectivity index (χ0v) is 10.0. The number of ether oxygens (including phenoxy) is 1. The third-order valence-corrected chi connectivity index (χ3v) is 3.35. The predicted molar refractivity (Wildman–Crippen MR) is 62.1 cm³/mol. The van der Waals surface area contributed by atoms with Crippen molar-refractivity contribution in [3.8, 4) is 0 Å². The van der Waals surface area contributed by atoms with E-state index in [1.54, 1.807) is 0 Å². The van der Waals surface area contributed by atoms with E-state index in [0.29, 0.717) is 12.8 Å². The van der Waals surface area contributed by atoms with Crippen LogP contribution < -0.4 is 5.11 Å². The molecule has 2 atom stereocenters. The summed E-state index contributed by atoms with van der Waals surface area (Å²) in [5.41, 5.74) is 0.897. The Morgan fingerprint density at radius 2 is 1.83 bits per heavy atom. The number of carbonyl (C=O) groups excluding carboxylic acids is 2. The summed E-state index contributed by atoms with van der Waals surface area (Å²) in [6, 6.07) is 9.33. The molecule has 0 N–H and O–H groups in total. The number of rotatable bonds is 4. The number of hydrogen-bond donors (Lipinski definition) is 0. The van der Waals surface area contributed by atoms with Crippen LogP contribution in [0.2, 0.25) is 0 Å². The van der Waals surface area contributed by atoms with Crippen molar-refractivity contribution in [3.63, 3.8) is 0 Å². The van der Waals surface area contributed by atoms with Crippen LogP contribution in [-0.4, -0.2) is 11.9 Å². The van der Waals surface area contributed by atoms with Crippen molar-refractivity contribution in [3.05, 3.63) is 35.9 Å². The molecule has 18 heavy (non-hydrogen) atoms. The lowest BCUT2D eigenvalue weighted by atomic mass is 9.96. The van der Waals surface area contributed by atoms with Gasteiger partial charge in [0.15, 0.2) is 0 Å². The molecule has 0 aromatic heterocycles. The summed E-state index contributed by atoms with van der Waals surface area (Å²) in [5.74, 6) is -2.80. The van der Waals surface area contributed by atoms with Gasteiger partial charge in [0, 0.05) is 11.9 Å². The Labute approximate surface area is 106 Å². The van der Waals surface area contributed by atoms with Crippen molar-refractivity contribution in [2.45, 2.75) is 25.9 Å². The van der Waals surface area contributed by atoms with Gasteiger partial charge in [0.2, 0.25) is 0 Å². The summed E-state index contributed by atoms with van der Waals surface area (Å²) < 4.78 is 5.16. The van der Waals surface area contributed by atoms with Crippen LogP contribution in [0, 0.1) is 11.8 Å². The van der Waals surface area contributed by atoms with E-state index in [1.807, 2.05) is 30.3 Å². The highest BCUT2D eigenvalue weighted by Crippen LogP contribution is 2.32.